The van der Waals surface area contributed by atoms with Gasteiger partial charge in [-0.2, -0.15) is 5.26 Å². The zero-order chi connectivity index (χ0) is 13.1. The van der Waals surface area contributed by atoms with Crippen LogP contribution >= 0.6 is 38.9 Å². The molecule has 18 heavy (non-hydrogen) atoms. The lowest BCUT2D eigenvalue weighted by Crippen LogP contribution is -2.06. The molecule has 1 heterocycles. The van der Waals surface area contributed by atoms with Crippen LogP contribution in [-0.2, 0) is 0 Å². The molecule has 1 atom stereocenters. The monoisotopic (exact) mass is 340 g/mol. The Kier molecular flexibility index (Phi) is 4.28. The Bertz CT molecular complexity index is 567. The number of nitrogens with one attached hydrogen (secondary N) is 1. The van der Waals surface area contributed by atoms with Gasteiger partial charge in [0.25, 0.3) is 0 Å². The quantitative estimate of drug-likeness (QED) is 0.838. The molecule has 0 amide bonds. The summed E-state index contributed by atoms with van der Waals surface area (Å²) in [5.41, 5.74) is 2.11. The Morgan fingerprint density at radius 3 is 2.56 bits per heavy atom. The average molecular weight is 342 g/mol. The molecule has 0 aliphatic rings. The second-order valence-electron chi connectivity index (χ2n) is 3.84. The lowest BCUT2D eigenvalue weighted by Gasteiger charge is -2.11. The highest BCUT2D eigenvalue weighted by molar-refractivity contribution is 9.10. The molecule has 0 aliphatic heterocycles. The van der Waals surface area contributed by atoms with Crippen molar-refractivity contribution in [3.63, 3.8) is 0 Å². The van der Waals surface area contributed by atoms with E-state index in [-0.39, 0.29) is 6.04 Å². The van der Waals surface area contributed by atoms with Crippen LogP contribution in [-0.4, -0.2) is 0 Å². The number of hydrogen-bond donors (Lipinski definition) is 1. The fourth-order valence-corrected chi connectivity index (χ4v) is 3.22. The summed E-state index contributed by atoms with van der Waals surface area (Å²) in [5, 5.41) is 12.4. The van der Waals surface area contributed by atoms with Crippen LogP contribution in [0.1, 0.15) is 16.5 Å². The second kappa shape index (κ2) is 5.75. The predicted octanol–water partition coefficient (Wildman–Crippen LogP) is 5.15. The molecule has 1 aromatic heterocycles. The standard InChI is InChI=1S/C13H10BrClN2S/c1-8-2-4-9(5-3-8)17-11(7-16)12-6-10(14)13(15)18-12/h2-6,11,17H,1H3. The first kappa shape index (κ1) is 13.4. The summed E-state index contributed by atoms with van der Waals surface area (Å²) in [6.07, 6.45) is 0. The highest BCUT2D eigenvalue weighted by Crippen LogP contribution is 2.36. The molecule has 0 radical (unpaired) electrons. The van der Waals surface area contributed by atoms with Crippen LogP contribution in [0, 0.1) is 18.3 Å². The van der Waals surface area contributed by atoms with Gasteiger partial charge < -0.3 is 5.32 Å². The second-order valence-corrected chi connectivity index (χ2v) is 6.38. The van der Waals surface area contributed by atoms with Gasteiger partial charge in [-0.3, -0.25) is 0 Å². The van der Waals surface area contributed by atoms with Crippen LogP contribution in [0.15, 0.2) is 34.8 Å². The van der Waals surface area contributed by atoms with Crippen molar-refractivity contribution >= 4 is 44.6 Å². The molecule has 0 saturated heterocycles. The van der Waals surface area contributed by atoms with Crippen molar-refractivity contribution in [2.45, 2.75) is 13.0 Å². The van der Waals surface area contributed by atoms with Gasteiger partial charge in [-0.15, -0.1) is 11.3 Å². The summed E-state index contributed by atoms with van der Waals surface area (Å²) < 4.78 is 1.49. The topological polar surface area (TPSA) is 35.8 Å². The molecule has 1 aromatic carbocycles. The summed E-state index contributed by atoms with van der Waals surface area (Å²) in [4.78, 5) is 0.898. The van der Waals surface area contributed by atoms with E-state index < -0.39 is 0 Å². The number of nitriles is 1. The van der Waals surface area contributed by atoms with Crippen LogP contribution in [0.3, 0.4) is 0 Å². The van der Waals surface area contributed by atoms with E-state index in [1.165, 1.54) is 16.9 Å². The van der Waals surface area contributed by atoms with Gasteiger partial charge in [-0.25, -0.2) is 0 Å². The molecule has 5 heteroatoms. The van der Waals surface area contributed by atoms with Crippen molar-refractivity contribution in [2.24, 2.45) is 0 Å². The Labute approximate surface area is 123 Å². The summed E-state index contributed by atoms with van der Waals surface area (Å²) in [6, 6.07) is 11.7. The molecule has 92 valence electrons. The number of aryl methyl sites for hydroxylation is 1. The molecule has 0 aliphatic carbocycles. The van der Waals surface area contributed by atoms with E-state index >= 15 is 0 Å². The summed E-state index contributed by atoms with van der Waals surface area (Å²) in [6.45, 7) is 2.03. The van der Waals surface area contributed by atoms with Gasteiger partial charge in [0, 0.05) is 15.0 Å². The van der Waals surface area contributed by atoms with Gasteiger partial charge in [0.1, 0.15) is 10.4 Å². The van der Waals surface area contributed by atoms with E-state index in [0.717, 1.165) is 15.0 Å². The third-order valence-corrected chi connectivity index (χ3v) is 4.98. The first-order valence-electron chi connectivity index (χ1n) is 5.27. The van der Waals surface area contributed by atoms with Gasteiger partial charge in [-0.1, -0.05) is 29.3 Å². The molecule has 0 fully saturated rings. The molecule has 2 aromatic rings. The van der Waals surface area contributed by atoms with E-state index in [0.29, 0.717) is 4.34 Å². The molecule has 0 spiro atoms. The van der Waals surface area contributed by atoms with Crippen LogP contribution < -0.4 is 5.32 Å². The molecule has 2 rings (SSSR count). The normalized spacial score (nSPS) is 11.9. The number of halogens is 2. The van der Waals surface area contributed by atoms with Gasteiger partial charge >= 0.3 is 0 Å². The largest absolute Gasteiger partial charge is 0.366 e. The maximum atomic E-state index is 9.23. The van der Waals surface area contributed by atoms with E-state index in [9.17, 15) is 5.26 Å². The van der Waals surface area contributed by atoms with Crippen LogP contribution in [0.2, 0.25) is 4.34 Å². The Balaban J connectivity index is 2.20. The minimum absolute atomic E-state index is 0.387. The number of hydrogen-bond acceptors (Lipinski definition) is 3. The first-order chi connectivity index (χ1) is 8.60. The Hall–Kier alpha value is -1.02. The van der Waals surface area contributed by atoms with E-state index in [1.807, 2.05) is 37.3 Å². The van der Waals surface area contributed by atoms with E-state index in [1.54, 1.807) is 0 Å². The summed E-state index contributed by atoms with van der Waals surface area (Å²) in [5.74, 6) is 0. The van der Waals surface area contributed by atoms with E-state index in [4.69, 9.17) is 11.6 Å². The highest BCUT2D eigenvalue weighted by atomic mass is 79.9. The van der Waals surface area contributed by atoms with Crippen molar-refractivity contribution in [1.29, 1.82) is 5.26 Å². The minimum atomic E-state index is -0.387. The number of benzene rings is 1. The Morgan fingerprint density at radius 2 is 2.06 bits per heavy atom. The zero-order valence-corrected chi connectivity index (χ0v) is 12.7. The maximum absolute atomic E-state index is 9.23. The minimum Gasteiger partial charge on any atom is -0.366 e. The number of nitrogens with zero attached hydrogens (tertiary/aromatic N) is 1. The molecule has 2 nitrogen and oxygen atoms in total. The van der Waals surface area contributed by atoms with Gasteiger partial charge in [0.15, 0.2) is 0 Å². The summed E-state index contributed by atoms with van der Waals surface area (Å²) >= 11 is 10.7. The molecule has 0 bridgehead atoms. The van der Waals surface area contributed by atoms with Crippen molar-refractivity contribution in [2.75, 3.05) is 5.32 Å². The third kappa shape index (κ3) is 3.05. The fraction of sp³-hybridized carbons (Fsp3) is 0.154. The average Bonchev–Trinajstić information content (AvgIpc) is 2.69. The third-order valence-electron chi connectivity index (χ3n) is 2.44. The summed E-state index contributed by atoms with van der Waals surface area (Å²) in [7, 11) is 0. The molecule has 1 N–H and O–H groups in total. The van der Waals surface area contributed by atoms with Gasteiger partial charge in [0.05, 0.1) is 6.07 Å². The van der Waals surface area contributed by atoms with E-state index in [2.05, 4.69) is 27.3 Å². The molecular weight excluding hydrogens is 332 g/mol. The highest BCUT2D eigenvalue weighted by Gasteiger charge is 2.15. The fourth-order valence-electron chi connectivity index (χ4n) is 1.49. The van der Waals surface area contributed by atoms with Crippen molar-refractivity contribution in [1.82, 2.24) is 0 Å². The lowest BCUT2D eigenvalue weighted by atomic mass is 10.2. The first-order valence-corrected chi connectivity index (χ1v) is 7.26. The molecule has 0 saturated carbocycles. The van der Waals surface area contributed by atoms with Gasteiger partial charge in [-0.05, 0) is 41.1 Å². The van der Waals surface area contributed by atoms with Crippen molar-refractivity contribution in [3.05, 3.63) is 49.6 Å². The SMILES string of the molecule is Cc1ccc(NC(C#N)c2cc(Br)c(Cl)s2)cc1. The Morgan fingerprint density at radius 1 is 1.39 bits per heavy atom. The van der Waals surface area contributed by atoms with Crippen LogP contribution in [0.25, 0.3) is 0 Å². The smallest absolute Gasteiger partial charge is 0.149 e. The predicted molar refractivity (Wildman–Crippen MR) is 80.2 cm³/mol. The van der Waals surface area contributed by atoms with Crippen LogP contribution in [0.4, 0.5) is 5.69 Å². The lowest BCUT2D eigenvalue weighted by molar-refractivity contribution is 1.03. The number of anilines is 1. The maximum Gasteiger partial charge on any atom is 0.149 e. The zero-order valence-electron chi connectivity index (χ0n) is 9.58. The van der Waals surface area contributed by atoms with Crippen molar-refractivity contribution < 1.29 is 0 Å². The van der Waals surface area contributed by atoms with Crippen LogP contribution in [0.5, 0.6) is 0 Å². The van der Waals surface area contributed by atoms with Gasteiger partial charge in [0.2, 0.25) is 0 Å². The number of rotatable bonds is 3. The van der Waals surface area contributed by atoms with Crippen molar-refractivity contribution in [3.8, 4) is 6.07 Å². The number of thiophene rings is 1. The molecular formula is C13H10BrClN2S. The molecule has 1 unspecified atom stereocenters.